The molecule has 4 heterocycles. The van der Waals surface area contributed by atoms with E-state index >= 15 is 0 Å². The molecule has 0 spiro atoms. The van der Waals surface area contributed by atoms with Crippen LogP contribution in [0, 0.1) is 5.82 Å². The third-order valence-corrected chi connectivity index (χ3v) is 6.26. The highest BCUT2D eigenvalue weighted by molar-refractivity contribution is 6.30. The van der Waals surface area contributed by atoms with Crippen molar-refractivity contribution in [2.45, 2.75) is 38.7 Å². The number of halogens is 2. The van der Waals surface area contributed by atoms with E-state index in [-0.39, 0.29) is 28.9 Å². The summed E-state index contributed by atoms with van der Waals surface area (Å²) in [6.45, 7) is 2.91. The molecule has 0 bridgehead atoms. The number of aromatic hydroxyl groups is 1. The van der Waals surface area contributed by atoms with E-state index in [1.165, 1.54) is 18.6 Å². The lowest BCUT2D eigenvalue weighted by molar-refractivity contribution is -0.112. The van der Waals surface area contributed by atoms with Crippen LogP contribution in [0.4, 0.5) is 4.39 Å². The number of carbonyl (C=O) groups is 1. The average Bonchev–Trinajstić information content (AvgIpc) is 3.22. The van der Waals surface area contributed by atoms with E-state index < -0.39 is 29.1 Å². The Morgan fingerprint density at radius 3 is 2.94 bits per heavy atom. The van der Waals surface area contributed by atoms with Crippen molar-refractivity contribution in [3.05, 3.63) is 69.2 Å². The quantitative estimate of drug-likeness (QED) is 0.652. The Morgan fingerprint density at radius 2 is 2.12 bits per heavy atom. The summed E-state index contributed by atoms with van der Waals surface area (Å²) >= 11 is 5.84. The van der Waals surface area contributed by atoms with Crippen molar-refractivity contribution in [2.24, 2.45) is 0 Å². The van der Waals surface area contributed by atoms with Gasteiger partial charge >= 0.3 is 0 Å². The summed E-state index contributed by atoms with van der Waals surface area (Å²) in [5.74, 6) is -1.56. The monoisotopic (exact) mass is 458 g/mol. The number of ether oxygens (including phenoxy) is 1. The zero-order valence-corrected chi connectivity index (χ0v) is 17.9. The largest absolute Gasteiger partial charge is 0.503 e. The molecule has 2 aliphatic heterocycles. The van der Waals surface area contributed by atoms with Gasteiger partial charge in [0.15, 0.2) is 17.7 Å². The summed E-state index contributed by atoms with van der Waals surface area (Å²) in [5, 5.41) is 10.6. The molecule has 0 saturated carbocycles. The first-order valence-corrected chi connectivity index (χ1v) is 10.6. The maximum absolute atomic E-state index is 14.2. The van der Waals surface area contributed by atoms with Crippen LogP contribution in [0.15, 0.2) is 41.7 Å². The van der Waals surface area contributed by atoms with E-state index in [0.29, 0.717) is 30.8 Å². The molecule has 1 N–H and O–H groups in total. The molecule has 0 aliphatic carbocycles. The Bertz CT molecular complexity index is 1290. The predicted molar refractivity (Wildman–Crippen MR) is 114 cm³/mol. The predicted octanol–water partition coefficient (Wildman–Crippen LogP) is 2.85. The summed E-state index contributed by atoms with van der Waals surface area (Å²) in [6.07, 6.45) is 4.80. The smallest absolute Gasteiger partial charge is 0.276 e. The number of fused-ring (bicyclic) bond motifs is 2. The third kappa shape index (κ3) is 3.28. The molecule has 8 nitrogen and oxygen atoms in total. The summed E-state index contributed by atoms with van der Waals surface area (Å²) < 4.78 is 23.1. The number of hydrogen-bond acceptors (Lipinski definition) is 5. The number of pyridine rings is 1. The Hall–Kier alpha value is -3.17. The molecule has 1 fully saturated rings. The molecular formula is C22H20ClFN4O4. The number of amides is 1. The SMILES string of the molecule is C[C@@H]1CCO[C@H]2Cn3cc(-c4cn(Cc5cccc(Cl)c5F)cn4)c(=O)c(O)c3C(=O)N12. The summed E-state index contributed by atoms with van der Waals surface area (Å²) in [4.78, 5) is 31.7. The molecule has 0 radical (unpaired) electrons. The van der Waals surface area contributed by atoms with Crippen LogP contribution in [-0.4, -0.2) is 48.9 Å². The number of carbonyl (C=O) groups excluding carboxylic acids is 1. The maximum Gasteiger partial charge on any atom is 0.276 e. The van der Waals surface area contributed by atoms with E-state index in [4.69, 9.17) is 16.3 Å². The average molecular weight is 459 g/mol. The van der Waals surface area contributed by atoms with E-state index in [0.717, 1.165) is 0 Å². The minimum atomic E-state index is -0.687. The Kier molecular flexibility index (Phi) is 5.02. The molecule has 0 unspecified atom stereocenters. The Morgan fingerprint density at radius 1 is 1.31 bits per heavy atom. The summed E-state index contributed by atoms with van der Waals surface area (Å²) in [6, 6.07) is 4.69. The van der Waals surface area contributed by atoms with Crippen molar-refractivity contribution in [1.29, 1.82) is 0 Å². The van der Waals surface area contributed by atoms with Crippen LogP contribution in [0.5, 0.6) is 5.75 Å². The number of nitrogens with zero attached hydrogens (tertiary/aromatic N) is 4. The Balaban J connectivity index is 1.51. The Labute approximate surface area is 187 Å². The second-order valence-corrected chi connectivity index (χ2v) is 8.45. The van der Waals surface area contributed by atoms with Gasteiger partial charge in [0.1, 0.15) is 5.82 Å². The minimum absolute atomic E-state index is 0.0265. The van der Waals surface area contributed by atoms with Crippen LogP contribution in [0.25, 0.3) is 11.3 Å². The van der Waals surface area contributed by atoms with Crippen molar-refractivity contribution in [3.63, 3.8) is 0 Å². The van der Waals surface area contributed by atoms with Crippen LogP contribution < -0.4 is 5.43 Å². The maximum atomic E-state index is 14.2. The first-order chi connectivity index (χ1) is 15.3. The van der Waals surface area contributed by atoms with Gasteiger partial charge in [-0.3, -0.25) is 9.59 Å². The van der Waals surface area contributed by atoms with Crippen molar-refractivity contribution < 1.29 is 19.0 Å². The van der Waals surface area contributed by atoms with Crippen LogP contribution in [-0.2, 0) is 17.8 Å². The van der Waals surface area contributed by atoms with Gasteiger partial charge in [0, 0.05) is 24.0 Å². The zero-order chi connectivity index (χ0) is 22.6. The van der Waals surface area contributed by atoms with Crippen molar-refractivity contribution >= 4 is 17.5 Å². The van der Waals surface area contributed by atoms with Gasteiger partial charge in [0.2, 0.25) is 5.43 Å². The lowest BCUT2D eigenvalue weighted by Gasteiger charge is -2.44. The van der Waals surface area contributed by atoms with Crippen LogP contribution in [0.1, 0.15) is 29.4 Å². The number of rotatable bonds is 3. The van der Waals surface area contributed by atoms with Gasteiger partial charge in [-0.2, -0.15) is 0 Å². The molecule has 1 amide bonds. The van der Waals surface area contributed by atoms with Gasteiger partial charge in [0.25, 0.3) is 5.91 Å². The van der Waals surface area contributed by atoms with E-state index in [1.807, 2.05) is 6.92 Å². The highest BCUT2D eigenvalue weighted by Gasteiger charge is 2.40. The molecule has 2 aliphatic rings. The first-order valence-electron chi connectivity index (χ1n) is 10.2. The molecule has 32 heavy (non-hydrogen) atoms. The molecule has 1 aromatic carbocycles. The van der Waals surface area contributed by atoms with Crippen molar-refractivity contribution in [1.82, 2.24) is 19.0 Å². The second-order valence-electron chi connectivity index (χ2n) is 8.04. The first kappa shape index (κ1) is 20.7. The lowest BCUT2D eigenvalue weighted by atomic mass is 10.1. The second kappa shape index (κ2) is 7.75. The number of hydrogen-bond donors (Lipinski definition) is 1. The topological polar surface area (TPSA) is 89.6 Å². The molecule has 3 aromatic rings. The van der Waals surface area contributed by atoms with E-state index in [9.17, 15) is 19.1 Å². The van der Waals surface area contributed by atoms with Crippen LogP contribution in [0.3, 0.4) is 0 Å². The molecule has 1 saturated heterocycles. The van der Waals surface area contributed by atoms with E-state index in [2.05, 4.69) is 4.98 Å². The van der Waals surface area contributed by atoms with Gasteiger partial charge < -0.3 is 23.9 Å². The molecule has 166 valence electrons. The fourth-order valence-corrected chi connectivity index (χ4v) is 4.49. The number of aromatic nitrogens is 3. The standard InChI is InChI=1S/C22H20ClFN4O4/c1-12-5-6-32-17-10-27-8-14(20(29)21(30)19(27)22(31)28(12)17)16-9-26(11-25-16)7-13-3-2-4-15(23)18(13)24/h2-4,8-9,11-12,17,30H,5-7,10H2,1H3/t12-,17+/m1/s1. The highest BCUT2D eigenvalue weighted by atomic mass is 35.5. The van der Waals surface area contributed by atoms with Crippen LogP contribution in [0.2, 0.25) is 5.02 Å². The molecule has 10 heteroatoms. The van der Waals surface area contributed by atoms with Gasteiger partial charge in [-0.25, -0.2) is 9.37 Å². The lowest BCUT2D eigenvalue weighted by Crippen LogP contribution is -2.56. The van der Waals surface area contributed by atoms with Crippen molar-refractivity contribution in [2.75, 3.05) is 6.61 Å². The number of benzene rings is 1. The number of imidazole rings is 1. The highest BCUT2D eigenvalue weighted by Crippen LogP contribution is 2.30. The van der Waals surface area contributed by atoms with E-state index in [1.54, 1.807) is 32.4 Å². The molecule has 2 atom stereocenters. The molecular weight excluding hydrogens is 439 g/mol. The van der Waals surface area contributed by atoms with Gasteiger partial charge in [-0.15, -0.1) is 0 Å². The minimum Gasteiger partial charge on any atom is -0.503 e. The normalized spacial score (nSPS) is 20.2. The van der Waals surface area contributed by atoms with Gasteiger partial charge in [-0.05, 0) is 19.4 Å². The summed E-state index contributed by atoms with van der Waals surface area (Å²) in [7, 11) is 0. The third-order valence-electron chi connectivity index (χ3n) is 5.97. The van der Waals surface area contributed by atoms with Gasteiger partial charge in [0.05, 0.1) is 42.3 Å². The van der Waals surface area contributed by atoms with Crippen molar-refractivity contribution in [3.8, 4) is 17.0 Å². The zero-order valence-electron chi connectivity index (χ0n) is 17.2. The fraction of sp³-hybridized carbons (Fsp3) is 0.318. The fourth-order valence-electron chi connectivity index (χ4n) is 4.29. The molecule has 2 aromatic heterocycles. The van der Waals surface area contributed by atoms with Crippen LogP contribution >= 0.6 is 11.6 Å². The summed E-state index contributed by atoms with van der Waals surface area (Å²) in [5.41, 5.74) is 0.0823. The van der Waals surface area contributed by atoms with Gasteiger partial charge in [-0.1, -0.05) is 23.7 Å². The molecule has 5 rings (SSSR count).